The summed E-state index contributed by atoms with van der Waals surface area (Å²) in [4.78, 5) is 16.1. The molecule has 2 atom stereocenters. The monoisotopic (exact) mass is 255 g/mol. The van der Waals surface area contributed by atoms with E-state index in [4.69, 9.17) is 5.11 Å². The Labute approximate surface area is 109 Å². The van der Waals surface area contributed by atoms with Gasteiger partial charge < -0.3 is 15.3 Å². The lowest BCUT2D eigenvalue weighted by molar-refractivity contribution is 0.190. The average molecular weight is 255 g/mol. The van der Waals surface area contributed by atoms with Gasteiger partial charge in [-0.15, -0.1) is 0 Å². The lowest BCUT2D eigenvalue weighted by Gasteiger charge is -2.26. The van der Waals surface area contributed by atoms with Crippen molar-refractivity contribution in [3.05, 3.63) is 0 Å². The topological polar surface area (TPSA) is 55.8 Å². The Hall–Kier alpha value is -0.810. The predicted molar refractivity (Wildman–Crippen MR) is 70.4 cm³/mol. The quantitative estimate of drug-likeness (QED) is 0.752. The number of aliphatic hydroxyl groups excluding tert-OH is 1. The third kappa shape index (κ3) is 3.36. The molecule has 1 aliphatic heterocycles. The molecule has 1 saturated heterocycles. The molecule has 1 heterocycles. The molecule has 104 valence electrons. The number of rotatable bonds is 5. The Morgan fingerprint density at radius 2 is 2.22 bits per heavy atom. The highest BCUT2D eigenvalue weighted by Gasteiger charge is 2.30. The zero-order chi connectivity index (χ0) is 13.1. The predicted octanol–water partition coefficient (Wildman–Crippen LogP) is 0.493. The van der Waals surface area contributed by atoms with Gasteiger partial charge in [-0.25, -0.2) is 4.79 Å². The molecular formula is C13H25N3O2. The van der Waals surface area contributed by atoms with Crippen molar-refractivity contribution in [2.45, 2.75) is 38.3 Å². The van der Waals surface area contributed by atoms with Crippen LogP contribution >= 0.6 is 0 Å². The van der Waals surface area contributed by atoms with E-state index >= 15 is 0 Å². The van der Waals surface area contributed by atoms with Crippen molar-refractivity contribution in [3.8, 4) is 0 Å². The lowest BCUT2D eigenvalue weighted by atomic mass is 10.1. The van der Waals surface area contributed by atoms with E-state index in [1.54, 1.807) is 0 Å². The number of nitrogens with zero attached hydrogens (tertiary/aromatic N) is 2. The summed E-state index contributed by atoms with van der Waals surface area (Å²) in [6, 6.07) is 1.13. The zero-order valence-electron chi connectivity index (χ0n) is 11.4. The average Bonchev–Trinajstić information content (AvgIpc) is 3.12. The van der Waals surface area contributed by atoms with Gasteiger partial charge in [0.25, 0.3) is 0 Å². The van der Waals surface area contributed by atoms with E-state index in [1.165, 1.54) is 12.8 Å². The maximum atomic E-state index is 11.9. The molecule has 5 nitrogen and oxygen atoms in total. The van der Waals surface area contributed by atoms with Crippen LogP contribution in [0.25, 0.3) is 0 Å². The van der Waals surface area contributed by atoms with Crippen molar-refractivity contribution in [2.75, 3.05) is 33.3 Å². The SMILES string of the molecule is CC(CNC(=O)N1CCC(CO)C1)N(C)C1CC1. The lowest BCUT2D eigenvalue weighted by Crippen LogP contribution is -2.45. The van der Waals surface area contributed by atoms with Crippen LogP contribution in [0.1, 0.15) is 26.2 Å². The van der Waals surface area contributed by atoms with Crippen LogP contribution in [0.3, 0.4) is 0 Å². The Balaban J connectivity index is 1.68. The summed E-state index contributed by atoms with van der Waals surface area (Å²) in [6.07, 6.45) is 3.50. The maximum absolute atomic E-state index is 11.9. The summed E-state index contributed by atoms with van der Waals surface area (Å²) in [5.74, 6) is 0.266. The van der Waals surface area contributed by atoms with Gasteiger partial charge in [-0.05, 0) is 33.2 Å². The molecule has 0 spiro atoms. The van der Waals surface area contributed by atoms with Gasteiger partial charge in [0.1, 0.15) is 0 Å². The summed E-state index contributed by atoms with van der Waals surface area (Å²) in [6.45, 7) is 4.49. The van der Waals surface area contributed by atoms with Crippen LogP contribution in [0, 0.1) is 5.92 Å². The first-order valence-corrected chi connectivity index (χ1v) is 6.97. The summed E-state index contributed by atoms with van der Waals surface area (Å²) in [5.41, 5.74) is 0. The van der Waals surface area contributed by atoms with Crippen LogP contribution in [0.15, 0.2) is 0 Å². The van der Waals surface area contributed by atoms with Crippen LogP contribution in [0.5, 0.6) is 0 Å². The van der Waals surface area contributed by atoms with E-state index in [0.29, 0.717) is 19.1 Å². The third-order valence-electron chi connectivity index (χ3n) is 4.20. The molecule has 0 aromatic heterocycles. The number of carbonyl (C=O) groups is 1. The number of nitrogens with one attached hydrogen (secondary N) is 1. The van der Waals surface area contributed by atoms with Gasteiger partial charge >= 0.3 is 6.03 Å². The van der Waals surface area contributed by atoms with E-state index in [9.17, 15) is 4.79 Å². The number of aliphatic hydroxyl groups is 1. The first-order valence-electron chi connectivity index (χ1n) is 6.97. The number of carbonyl (C=O) groups excluding carboxylic acids is 1. The fraction of sp³-hybridized carbons (Fsp3) is 0.923. The number of urea groups is 1. The highest BCUT2D eigenvalue weighted by molar-refractivity contribution is 5.74. The van der Waals surface area contributed by atoms with E-state index in [0.717, 1.165) is 19.0 Å². The van der Waals surface area contributed by atoms with Gasteiger partial charge in [-0.3, -0.25) is 4.90 Å². The molecule has 2 aliphatic rings. The minimum absolute atomic E-state index is 0.0157. The number of likely N-dealkylation sites (tertiary alicyclic amines) is 1. The highest BCUT2D eigenvalue weighted by atomic mass is 16.3. The number of hydrogen-bond acceptors (Lipinski definition) is 3. The molecular weight excluding hydrogens is 230 g/mol. The molecule has 1 saturated carbocycles. The number of hydrogen-bond donors (Lipinski definition) is 2. The minimum atomic E-state index is 0.0157. The Morgan fingerprint density at radius 3 is 2.78 bits per heavy atom. The van der Waals surface area contributed by atoms with Crippen molar-refractivity contribution in [1.82, 2.24) is 15.1 Å². The van der Waals surface area contributed by atoms with Gasteiger partial charge in [-0.2, -0.15) is 0 Å². The van der Waals surface area contributed by atoms with E-state index in [1.807, 2.05) is 4.90 Å². The molecule has 0 radical (unpaired) electrons. The molecule has 0 bridgehead atoms. The molecule has 0 aromatic carbocycles. The molecule has 2 rings (SSSR count). The van der Waals surface area contributed by atoms with Gasteiger partial charge in [0.2, 0.25) is 0 Å². The largest absolute Gasteiger partial charge is 0.396 e. The Kier molecular flexibility index (Phi) is 4.45. The van der Waals surface area contributed by atoms with Gasteiger partial charge in [-0.1, -0.05) is 0 Å². The Bertz CT molecular complexity index is 294. The summed E-state index contributed by atoms with van der Waals surface area (Å²) >= 11 is 0. The van der Waals surface area contributed by atoms with Gasteiger partial charge in [0, 0.05) is 44.2 Å². The molecule has 18 heavy (non-hydrogen) atoms. The van der Waals surface area contributed by atoms with Crippen molar-refractivity contribution in [2.24, 2.45) is 5.92 Å². The van der Waals surface area contributed by atoms with Crippen LogP contribution in [0.4, 0.5) is 4.79 Å². The second-order valence-electron chi connectivity index (χ2n) is 5.72. The second-order valence-corrected chi connectivity index (χ2v) is 5.72. The van der Waals surface area contributed by atoms with Crippen molar-refractivity contribution < 1.29 is 9.90 Å². The fourth-order valence-corrected chi connectivity index (χ4v) is 2.50. The van der Waals surface area contributed by atoms with Crippen LogP contribution < -0.4 is 5.32 Å². The molecule has 1 aliphatic carbocycles. The molecule has 2 fully saturated rings. The molecule has 2 amide bonds. The second kappa shape index (κ2) is 5.89. The summed E-state index contributed by atoms with van der Waals surface area (Å²) < 4.78 is 0. The summed E-state index contributed by atoms with van der Waals surface area (Å²) in [5, 5.41) is 12.1. The van der Waals surface area contributed by atoms with E-state index in [-0.39, 0.29) is 18.6 Å². The Morgan fingerprint density at radius 1 is 1.50 bits per heavy atom. The fourth-order valence-electron chi connectivity index (χ4n) is 2.50. The van der Waals surface area contributed by atoms with Crippen LogP contribution in [-0.4, -0.2) is 66.3 Å². The molecule has 5 heteroatoms. The van der Waals surface area contributed by atoms with Crippen molar-refractivity contribution >= 4 is 6.03 Å². The standard InChI is InChI=1S/C13H25N3O2/c1-10(15(2)12-3-4-12)7-14-13(18)16-6-5-11(8-16)9-17/h10-12,17H,3-9H2,1-2H3,(H,14,18). The normalized spacial score (nSPS) is 25.6. The molecule has 0 aromatic rings. The molecule has 2 unspecified atom stereocenters. The first kappa shape index (κ1) is 13.6. The van der Waals surface area contributed by atoms with Gasteiger partial charge in [0.15, 0.2) is 0 Å². The highest BCUT2D eigenvalue weighted by Crippen LogP contribution is 2.26. The van der Waals surface area contributed by atoms with Crippen LogP contribution in [0.2, 0.25) is 0 Å². The van der Waals surface area contributed by atoms with Gasteiger partial charge in [0.05, 0.1) is 0 Å². The maximum Gasteiger partial charge on any atom is 0.317 e. The van der Waals surface area contributed by atoms with E-state index < -0.39 is 0 Å². The minimum Gasteiger partial charge on any atom is -0.396 e. The smallest absolute Gasteiger partial charge is 0.317 e. The number of amides is 2. The zero-order valence-corrected chi connectivity index (χ0v) is 11.4. The van der Waals surface area contributed by atoms with E-state index in [2.05, 4.69) is 24.2 Å². The van der Waals surface area contributed by atoms with Crippen LogP contribution in [-0.2, 0) is 0 Å². The van der Waals surface area contributed by atoms with Crippen molar-refractivity contribution in [1.29, 1.82) is 0 Å². The summed E-state index contributed by atoms with van der Waals surface area (Å²) in [7, 11) is 2.13. The third-order valence-corrected chi connectivity index (χ3v) is 4.20. The first-order chi connectivity index (χ1) is 8.61. The molecule has 2 N–H and O–H groups in total. The van der Waals surface area contributed by atoms with Crippen molar-refractivity contribution in [3.63, 3.8) is 0 Å². The number of likely N-dealkylation sites (N-methyl/N-ethyl adjacent to an activating group) is 1.